The van der Waals surface area contributed by atoms with Crippen molar-refractivity contribution in [2.75, 3.05) is 39.3 Å². The summed E-state index contributed by atoms with van der Waals surface area (Å²) in [5.41, 5.74) is 0.299. The van der Waals surface area contributed by atoms with Gasteiger partial charge >= 0.3 is 0 Å². The van der Waals surface area contributed by atoms with E-state index in [-0.39, 0.29) is 5.92 Å². The fourth-order valence-corrected chi connectivity index (χ4v) is 4.10. The third kappa shape index (κ3) is 3.48. The van der Waals surface area contributed by atoms with Crippen LogP contribution in [0.5, 0.6) is 5.75 Å². The Morgan fingerprint density at radius 3 is 2.65 bits per heavy atom. The zero-order chi connectivity index (χ0) is 14.6. The van der Waals surface area contributed by atoms with Crippen LogP contribution >= 0.6 is 11.8 Å². The smallest absolute Gasteiger partial charge is 0.118 e. The second-order valence-electron chi connectivity index (χ2n) is 5.79. The molecule has 1 aliphatic heterocycles. The van der Waals surface area contributed by atoms with Gasteiger partial charge in [-0.05, 0) is 50.4 Å². The van der Waals surface area contributed by atoms with Gasteiger partial charge in [-0.3, -0.25) is 0 Å². The van der Waals surface area contributed by atoms with Crippen LogP contribution in [0.4, 0.5) is 0 Å². The van der Waals surface area contributed by atoms with Crippen molar-refractivity contribution in [2.24, 2.45) is 5.92 Å². The summed E-state index contributed by atoms with van der Waals surface area (Å²) in [5.74, 6) is 3.26. The lowest BCUT2D eigenvalue weighted by atomic mass is 9.78. The van der Waals surface area contributed by atoms with Crippen LogP contribution in [0.25, 0.3) is 0 Å². The summed E-state index contributed by atoms with van der Waals surface area (Å²) >= 11 is 1.96. The van der Waals surface area contributed by atoms with Crippen LogP contribution in [0.15, 0.2) is 24.3 Å². The molecule has 0 radical (unpaired) electrons. The number of nitrogens with zero attached hydrogens (tertiary/aromatic N) is 1. The SMILES string of the molecule is COc1ccc(C2(O)CCCSCC2CN(C)C)cc1. The molecule has 3 nitrogen and oxygen atoms in total. The lowest BCUT2D eigenvalue weighted by Crippen LogP contribution is -2.41. The summed E-state index contributed by atoms with van der Waals surface area (Å²) in [4.78, 5) is 2.17. The Balaban J connectivity index is 2.29. The zero-order valence-corrected chi connectivity index (χ0v) is 13.4. The van der Waals surface area contributed by atoms with E-state index in [1.807, 2.05) is 36.0 Å². The van der Waals surface area contributed by atoms with E-state index in [2.05, 4.69) is 19.0 Å². The molecular weight excluding hydrogens is 270 g/mol. The maximum absolute atomic E-state index is 11.3. The van der Waals surface area contributed by atoms with Gasteiger partial charge in [0, 0.05) is 18.2 Å². The first kappa shape index (κ1) is 15.7. The van der Waals surface area contributed by atoms with Gasteiger partial charge in [0.2, 0.25) is 0 Å². The van der Waals surface area contributed by atoms with E-state index in [1.165, 1.54) is 0 Å². The van der Waals surface area contributed by atoms with E-state index in [9.17, 15) is 5.11 Å². The Morgan fingerprint density at radius 2 is 2.05 bits per heavy atom. The van der Waals surface area contributed by atoms with Crippen LogP contribution < -0.4 is 4.74 Å². The summed E-state index contributed by atoms with van der Waals surface area (Å²) in [6.07, 6.45) is 1.90. The Kier molecular flexibility index (Phi) is 5.35. The molecular formula is C16H25NO2S. The minimum atomic E-state index is -0.722. The van der Waals surface area contributed by atoms with E-state index < -0.39 is 5.60 Å². The predicted octanol–water partition coefficient (Wildman–Crippen LogP) is 2.59. The van der Waals surface area contributed by atoms with Crippen molar-refractivity contribution in [3.63, 3.8) is 0 Å². The number of rotatable bonds is 4. The Hall–Kier alpha value is -0.710. The highest BCUT2D eigenvalue weighted by molar-refractivity contribution is 7.99. The molecule has 2 rings (SSSR count). The van der Waals surface area contributed by atoms with Crippen molar-refractivity contribution in [3.8, 4) is 5.75 Å². The molecule has 4 heteroatoms. The average Bonchev–Trinajstić information content (AvgIpc) is 2.62. The molecule has 1 heterocycles. The number of ether oxygens (including phenoxy) is 1. The van der Waals surface area contributed by atoms with E-state index in [4.69, 9.17) is 4.74 Å². The Labute approximate surface area is 126 Å². The van der Waals surface area contributed by atoms with E-state index in [1.54, 1.807) is 7.11 Å². The third-order valence-corrected chi connectivity index (χ3v) is 5.23. The molecule has 0 bridgehead atoms. The first-order chi connectivity index (χ1) is 9.56. The van der Waals surface area contributed by atoms with Gasteiger partial charge in [0.15, 0.2) is 0 Å². The first-order valence-electron chi connectivity index (χ1n) is 7.15. The Bertz CT molecular complexity index is 421. The molecule has 1 aromatic rings. The second kappa shape index (κ2) is 6.83. The number of aliphatic hydroxyl groups is 1. The average molecular weight is 295 g/mol. The zero-order valence-electron chi connectivity index (χ0n) is 12.6. The van der Waals surface area contributed by atoms with Crippen LogP contribution in [0.2, 0.25) is 0 Å². The molecule has 0 saturated carbocycles. The number of benzene rings is 1. The van der Waals surface area contributed by atoms with Crippen molar-refractivity contribution in [2.45, 2.75) is 18.4 Å². The van der Waals surface area contributed by atoms with Gasteiger partial charge in [-0.2, -0.15) is 11.8 Å². The summed E-state index contributed by atoms with van der Waals surface area (Å²) in [5, 5.41) is 11.3. The van der Waals surface area contributed by atoms with Gasteiger partial charge in [0.05, 0.1) is 12.7 Å². The lowest BCUT2D eigenvalue weighted by Gasteiger charge is -2.36. The van der Waals surface area contributed by atoms with Crippen molar-refractivity contribution < 1.29 is 9.84 Å². The molecule has 0 spiro atoms. The van der Waals surface area contributed by atoms with E-state index >= 15 is 0 Å². The molecule has 1 aromatic carbocycles. The minimum Gasteiger partial charge on any atom is -0.497 e. The molecule has 1 fully saturated rings. The summed E-state index contributed by atoms with van der Waals surface area (Å²) < 4.78 is 5.21. The maximum Gasteiger partial charge on any atom is 0.118 e. The molecule has 1 N–H and O–H groups in total. The standard InChI is InChI=1S/C16H25NO2S/c1-17(2)11-14-12-20-10-4-9-16(14,18)13-5-7-15(19-3)8-6-13/h5-8,14,18H,4,9-12H2,1-3H3. The van der Waals surface area contributed by atoms with Crippen LogP contribution in [0.1, 0.15) is 18.4 Å². The van der Waals surface area contributed by atoms with Crippen LogP contribution in [-0.4, -0.2) is 49.3 Å². The number of hydrogen-bond donors (Lipinski definition) is 1. The summed E-state index contributed by atoms with van der Waals surface area (Å²) in [7, 11) is 5.81. The number of hydrogen-bond acceptors (Lipinski definition) is 4. The number of thioether (sulfide) groups is 1. The van der Waals surface area contributed by atoms with Crippen molar-refractivity contribution in [3.05, 3.63) is 29.8 Å². The quantitative estimate of drug-likeness (QED) is 0.925. The summed E-state index contributed by atoms with van der Waals surface area (Å²) in [6, 6.07) is 7.91. The van der Waals surface area contributed by atoms with Gasteiger partial charge in [0.25, 0.3) is 0 Å². The monoisotopic (exact) mass is 295 g/mol. The van der Waals surface area contributed by atoms with Crippen LogP contribution in [0, 0.1) is 5.92 Å². The molecule has 2 atom stereocenters. The van der Waals surface area contributed by atoms with Gasteiger partial charge in [-0.15, -0.1) is 0 Å². The molecule has 0 aromatic heterocycles. The molecule has 112 valence electrons. The Morgan fingerprint density at radius 1 is 1.35 bits per heavy atom. The normalized spacial score (nSPS) is 27.4. The van der Waals surface area contributed by atoms with Crippen LogP contribution in [-0.2, 0) is 5.60 Å². The van der Waals surface area contributed by atoms with Gasteiger partial charge in [-0.1, -0.05) is 12.1 Å². The molecule has 20 heavy (non-hydrogen) atoms. The summed E-state index contributed by atoms with van der Waals surface area (Å²) in [6.45, 7) is 0.912. The van der Waals surface area contributed by atoms with Gasteiger partial charge in [-0.25, -0.2) is 0 Å². The van der Waals surface area contributed by atoms with E-state index in [0.717, 1.165) is 42.2 Å². The highest BCUT2D eigenvalue weighted by Gasteiger charge is 2.39. The highest BCUT2D eigenvalue weighted by Crippen LogP contribution is 2.40. The number of methoxy groups -OCH3 is 1. The molecule has 0 amide bonds. The fraction of sp³-hybridized carbons (Fsp3) is 0.625. The topological polar surface area (TPSA) is 32.7 Å². The van der Waals surface area contributed by atoms with Crippen molar-refractivity contribution >= 4 is 11.8 Å². The third-order valence-electron chi connectivity index (χ3n) is 4.02. The highest BCUT2D eigenvalue weighted by atomic mass is 32.2. The first-order valence-corrected chi connectivity index (χ1v) is 8.31. The van der Waals surface area contributed by atoms with Crippen LogP contribution in [0.3, 0.4) is 0 Å². The van der Waals surface area contributed by atoms with Gasteiger partial charge in [0.1, 0.15) is 5.75 Å². The molecule has 1 saturated heterocycles. The van der Waals surface area contributed by atoms with E-state index in [0.29, 0.717) is 0 Å². The van der Waals surface area contributed by atoms with Crippen molar-refractivity contribution in [1.29, 1.82) is 0 Å². The largest absolute Gasteiger partial charge is 0.497 e. The van der Waals surface area contributed by atoms with Crippen molar-refractivity contribution in [1.82, 2.24) is 4.90 Å². The predicted molar refractivity (Wildman–Crippen MR) is 85.5 cm³/mol. The molecule has 0 aliphatic carbocycles. The van der Waals surface area contributed by atoms with Gasteiger partial charge < -0.3 is 14.7 Å². The molecule has 1 aliphatic rings. The second-order valence-corrected chi connectivity index (χ2v) is 6.94. The molecule has 2 unspecified atom stereocenters. The maximum atomic E-state index is 11.3. The fourth-order valence-electron chi connectivity index (χ4n) is 2.92. The minimum absolute atomic E-state index is 0.262. The lowest BCUT2D eigenvalue weighted by molar-refractivity contribution is -0.0301.